The van der Waals surface area contributed by atoms with Crippen LogP contribution in [0, 0.1) is 5.92 Å². The molecule has 2 aliphatic rings. The molecule has 2 N–H and O–H groups in total. The molecule has 0 amide bonds. The minimum Gasteiger partial charge on any atom is -0.316 e. The number of hydrogen-bond acceptors (Lipinski definition) is 4. The van der Waals surface area contributed by atoms with Gasteiger partial charge in [0.05, 0.1) is 5.75 Å². The predicted molar refractivity (Wildman–Crippen MR) is 68.4 cm³/mol. The van der Waals surface area contributed by atoms with Gasteiger partial charge in [-0.1, -0.05) is 0 Å². The summed E-state index contributed by atoms with van der Waals surface area (Å²) in [4.78, 5) is 2.16. The molecule has 6 heteroatoms. The second-order valence-corrected chi connectivity index (χ2v) is 7.21. The highest BCUT2D eigenvalue weighted by Crippen LogP contribution is 2.14. The Bertz CT molecular complexity index is 339. The van der Waals surface area contributed by atoms with E-state index in [1.54, 1.807) is 0 Å². The molecule has 0 aliphatic carbocycles. The molecule has 0 spiro atoms. The molecule has 0 saturated carbocycles. The van der Waals surface area contributed by atoms with E-state index in [1.807, 2.05) is 7.05 Å². The zero-order valence-corrected chi connectivity index (χ0v) is 11.3. The zero-order chi connectivity index (χ0) is 12.3. The van der Waals surface area contributed by atoms with Crippen LogP contribution in [-0.2, 0) is 10.0 Å². The first-order valence-corrected chi connectivity index (χ1v) is 8.10. The highest BCUT2D eigenvalue weighted by Gasteiger charge is 2.25. The minimum absolute atomic E-state index is 0.117. The second kappa shape index (κ2) is 5.65. The molecule has 0 aromatic rings. The van der Waals surface area contributed by atoms with E-state index in [-0.39, 0.29) is 11.8 Å². The van der Waals surface area contributed by atoms with Crippen LogP contribution < -0.4 is 10.0 Å². The summed E-state index contributed by atoms with van der Waals surface area (Å²) < 4.78 is 26.6. The highest BCUT2D eigenvalue weighted by molar-refractivity contribution is 7.89. The van der Waals surface area contributed by atoms with Gasteiger partial charge in [0.25, 0.3) is 0 Å². The summed E-state index contributed by atoms with van der Waals surface area (Å²) in [6, 6.07) is 0.117. The number of hydrogen-bond donors (Lipinski definition) is 2. The summed E-state index contributed by atoms with van der Waals surface area (Å²) in [5.74, 6) is 0.817. The Balaban J connectivity index is 1.74. The number of nitrogens with zero attached hydrogens (tertiary/aromatic N) is 1. The number of nitrogens with one attached hydrogen (secondary N) is 2. The molecular weight excluding hydrogens is 238 g/mol. The van der Waals surface area contributed by atoms with Crippen LogP contribution in [0.3, 0.4) is 0 Å². The fourth-order valence-corrected chi connectivity index (χ4v) is 4.09. The number of likely N-dealkylation sites (tertiary alicyclic amines) is 1. The van der Waals surface area contributed by atoms with Gasteiger partial charge in [-0.15, -0.1) is 0 Å². The number of rotatable bonds is 5. The third-order valence-corrected chi connectivity index (χ3v) is 5.16. The smallest absolute Gasteiger partial charge is 0.211 e. The molecule has 2 aliphatic heterocycles. The predicted octanol–water partition coefficient (Wildman–Crippen LogP) is -0.390. The average Bonchev–Trinajstić information content (AvgIpc) is 2.86. The Kier molecular flexibility index (Phi) is 4.41. The fourth-order valence-electron chi connectivity index (χ4n) is 2.63. The fraction of sp³-hybridized carbons (Fsp3) is 1.00. The summed E-state index contributed by atoms with van der Waals surface area (Å²) in [5.41, 5.74) is 0. The van der Waals surface area contributed by atoms with E-state index in [1.165, 1.54) is 0 Å². The van der Waals surface area contributed by atoms with Crippen molar-refractivity contribution < 1.29 is 8.42 Å². The van der Waals surface area contributed by atoms with Gasteiger partial charge in [0.15, 0.2) is 0 Å². The van der Waals surface area contributed by atoms with Crippen molar-refractivity contribution in [1.29, 1.82) is 0 Å². The third kappa shape index (κ3) is 4.21. The topological polar surface area (TPSA) is 61.4 Å². The van der Waals surface area contributed by atoms with E-state index in [0.717, 1.165) is 45.4 Å². The van der Waals surface area contributed by atoms with Gasteiger partial charge in [-0.25, -0.2) is 13.1 Å². The van der Waals surface area contributed by atoms with Gasteiger partial charge in [-0.3, -0.25) is 0 Å². The van der Waals surface area contributed by atoms with Crippen LogP contribution in [0.4, 0.5) is 0 Å². The van der Waals surface area contributed by atoms with E-state index in [0.29, 0.717) is 5.92 Å². The van der Waals surface area contributed by atoms with E-state index in [2.05, 4.69) is 14.9 Å². The van der Waals surface area contributed by atoms with Gasteiger partial charge in [0.1, 0.15) is 0 Å². The number of likely N-dealkylation sites (N-methyl/N-ethyl adjacent to an activating group) is 1. The molecule has 2 fully saturated rings. The Hall–Kier alpha value is -0.170. The quantitative estimate of drug-likeness (QED) is 0.707. The Morgan fingerprint density at radius 2 is 2.24 bits per heavy atom. The number of sulfonamides is 1. The van der Waals surface area contributed by atoms with Crippen LogP contribution in [0.2, 0.25) is 0 Å². The Morgan fingerprint density at radius 1 is 1.41 bits per heavy atom. The van der Waals surface area contributed by atoms with E-state index in [9.17, 15) is 8.42 Å². The summed E-state index contributed by atoms with van der Waals surface area (Å²) in [5, 5.41) is 3.27. The maximum Gasteiger partial charge on any atom is 0.211 e. The lowest BCUT2D eigenvalue weighted by atomic mass is 10.1. The van der Waals surface area contributed by atoms with E-state index >= 15 is 0 Å². The van der Waals surface area contributed by atoms with Crippen LogP contribution >= 0.6 is 0 Å². The SMILES string of the molecule is CN1CCC(NS(=O)(=O)CCC2CCNC2)C1. The van der Waals surface area contributed by atoms with Crippen molar-refractivity contribution in [3.8, 4) is 0 Å². The molecule has 17 heavy (non-hydrogen) atoms. The monoisotopic (exact) mass is 261 g/mol. The molecule has 0 radical (unpaired) electrons. The first-order valence-electron chi connectivity index (χ1n) is 6.44. The zero-order valence-electron chi connectivity index (χ0n) is 10.5. The van der Waals surface area contributed by atoms with Crippen LogP contribution in [0.1, 0.15) is 19.3 Å². The van der Waals surface area contributed by atoms with Gasteiger partial charge < -0.3 is 10.2 Å². The molecule has 2 atom stereocenters. The summed E-state index contributed by atoms with van der Waals surface area (Å²) in [7, 11) is -1.05. The van der Waals surface area contributed by atoms with Crippen molar-refractivity contribution in [2.24, 2.45) is 5.92 Å². The lowest BCUT2D eigenvalue weighted by molar-refractivity contribution is 0.407. The molecule has 2 unspecified atom stereocenters. The molecule has 5 nitrogen and oxygen atoms in total. The summed E-state index contributed by atoms with van der Waals surface area (Å²) >= 11 is 0. The van der Waals surface area contributed by atoms with E-state index in [4.69, 9.17) is 0 Å². The Morgan fingerprint density at radius 3 is 2.82 bits per heavy atom. The van der Waals surface area contributed by atoms with Gasteiger partial charge >= 0.3 is 0 Å². The van der Waals surface area contributed by atoms with Crippen molar-refractivity contribution in [3.63, 3.8) is 0 Å². The lowest BCUT2D eigenvalue weighted by Crippen LogP contribution is -2.38. The van der Waals surface area contributed by atoms with Gasteiger partial charge in [0, 0.05) is 12.6 Å². The average molecular weight is 261 g/mol. The largest absolute Gasteiger partial charge is 0.316 e. The molecule has 2 saturated heterocycles. The molecule has 2 rings (SSSR count). The minimum atomic E-state index is -3.08. The van der Waals surface area contributed by atoms with Gasteiger partial charge in [-0.2, -0.15) is 0 Å². The van der Waals surface area contributed by atoms with Crippen LogP contribution in [0.15, 0.2) is 0 Å². The third-order valence-electron chi connectivity index (χ3n) is 3.69. The van der Waals surface area contributed by atoms with Gasteiger partial charge in [-0.05, 0) is 51.9 Å². The van der Waals surface area contributed by atoms with Crippen LogP contribution in [0.25, 0.3) is 0 Å². The molecule has 0 aromatic carbocycles. The van der Waals surface area contributed by atoms with Gasteiger partial charge in [0.2, 0.25) is 10.0 Å². The molecular formula is C11H23N3O2S. The molecule has 2 heterocycles. The first-order chi connectivity index (χ1) is 8.05. The van der Waals surface area contributed by atoms with Crippen molar-refractivity contribution >= 4 is 10.0 Å². The van der Waals surface area contributed by atoms with E-state index < -0.39 is 10.0 Å². The Labute approximate surface area is 104 Å². The molecule has 100 valence electrons. The van der Waals surface area contributed by atoms with Crippen molar-refractivity contribution in [3.05, 3.63) is 0 Å². The summed E-state index contributed by atoms with van der Waals surface area (Å²) in [6.07, 6.45) is 2.83. The normalized spacial score (nSPS) is 31.1. The molecule has 0 aromatic heterocycles. The maximum absolute atomic E-state index is 11.9. The van der Waals surface area contributed by atoms with Crippen LogP contribution in [-0.4, -0.2) is 58.3 Å². The van der Waals surface area contributed by atoms with Crippen molar-refractivity contribution in [1.82, 2.24) is 14.9 Å². The second-order valence-electron chi connectivity index (χ2n) is 5.33. The highest BCUT2D eigenvalue weighted by atomic mass is 32.2. The van der Waals surface area contributed by atoms with Crippen molar-refractivity contribution in [2.45, 2.75) is 25.3 Å². The first kappa shape index (κ1) is 13.3. The van der Waals surface area contributed by atoms with Crippen LogP contribution in [0.5, 0.6) is 0 Å². The van der Waals surface area contributed by atoms with Crippen molar-refractivity contribution in [2.75, 3.05) is 39.0 Å². The maximum atomic E-state index is 11.9. The molecule has 0 bridgehead atoms. The summed E-state index contributed by atoms with van der Waals surface area (Å²) in [6.45, 7) is 3.83. The standard InChI is InChI=1S/C11H23N3O2S/c1-14-6-3-11(9-14)13-17(15,16)7-4-10-2-5-12-8-10/h10-13H,2-9H2,1H3. The lowest BCUT2D eigenvalue weighted by Gasteiger charge is -2.14.